The van der Waals surface area contributed by atoms with Gasteiger partial charge >= 0.3 is 6.61 Å². The molecule has 0 saturated carbocycles. The number of halogens is 2. The second-order valence-corrected chi connectivity index (χ2v) is 7.24. The minimum absolute atomic E-state index is 0.0377. The van der Waals surface area contributed by atoms with Crippen molar-refractivity contribution in [3.8, 4) is 23.1 Å². The maximum atomic E-state index is 12.5. The van der Waals surface area contributed by atoms with Gasteiger partial charge in [-0.3, -0.25) is 0 Å². The number of aromatic nitrogens is 1. The number of hydrogen-bond donors (Lipinski definition) is 1. The molecule has 3 rings (SSSR count). The highest BCUT2D eigenvalue weighted by Crippen LogP contribution is 2.35. The zero-order valence-corrected chi connectivity index (χ0v) is 17.5. The summed E-state index contributed by atoms with van der Waals surface area (Å²) < 4.78 is 45.7. The van der Waals surface area contributed by atoms with Gasteiger partial charge in [-0.1, -0.05) is 32.9 Å². The summed E-state index contributed by atoms with van der Waals surface area (Å²) in [5, 5.41) is 10.3. The number of nitrogens with zero attached hydrogens (tertiary/aromatic N) is 2. The van der Waals surface area contributed by atoms with Crippen LogP contribution < -0.4 is 9.46 Å². The van der Waals surface area contributed by atoms with Gasteiger partial charge in [-0.25, -0.2) is 4.21 Å². The van der Waals surface area contributed by atoms with Crippen molar-refractivity contribution in [2.45, 2.75) is 27.4 Å². The predicted octanol–water partition coefficient (Wildman–Crippen LogP) is 5.44. The molecule has 0 radical (unpaired) electrons. The fourth-order valence-electron chi connectivity index (χ4n) is 2.94. The Bertz CT molecular complexity index is 1040. The van der Waals surface area contributed by atoms with E-state index in [4.69, 9.17) is 0 Å². The lowest BCUT2D eigenvalue weighted by atomic mass is 10.1. The molecule has 1 aromatic heterocycles. The minimum Gasteiger partial charge on any atom is -0.435 e. The van der Waals surface area contributed by atoms with E-state index < -0.39 is 17.6 Å². The average Bonchev–Trinajstić information content (AvgIpc) is 3.01. The molecule has 0 saturated heterocycles. The first kappa shape index (κ1) is 22.4. The zero-order valence-electron chi connectivity index (χ0n) is 16.7. The fourth-order valence-corrected chi connectivity index (χ4v) is 3.49. The van der Waals surface area contributed by atoms with E-state index >= 15 is 0 Å². The smallest absolute Gasteiger partial charge is 0.387 e. The van der Waals surface area contributed by atoms with Crippen LogP contribution in [0, 0.1) is 11.3 Å². The molecule has 3 aromatic rings. The van der Waals surface area contributed by atoms with Crippen molar-refractivity contribution in [2.24, 2.45) is 7.05 Å². The normalized spacial score (nSPS) is 11.5. The number of rotatable bonds is 6. The fraction of sp³-hybridized carbons (Fsp3) is 0.286. The number of benzene rings is 2. The summed E-state index contributed by atoms with van der Waals surface area (Å²) in [4.78, 5) is 0. The Morgan fingerprint density at radius 1 is 1.21 bits per heavy atom. The molecule has 1 unspecified atom stereocenters. The first-order chi connectivity index (χ1) is 13.9. The molecule has 8 heteroatoms. The Balaban J connectivity index is 0.00000145. The highest BCUT2D eigenvalue weighted by molar-refractivity contribution is 7.86. The molecule has 0 bridgehead atoms. The van der Waals surface area contributed by atoms with Gasteiger partial charge in [0.05, 0.1) is 16.8 Å². The van der Waals surface area contributed by atoms with Crippen LogP contribution in [-0.4, -0.2) is 21.1 Å². The number of alkyl halides is 2. The SMILES string of the molecule is CC.CCS(=O)Nc1ccc(-c2c(C#N)c3ccc(OC(F)F)cc3n2C)cc1. The molecule has 1 atom stereocenters. The monoisotopic (exact) mass is 419 g/mol. The number of fused-ring (bicyclic) bond motifs is 1. The number of aryl methyl sites for hydroxylation is 1. The summed E-state index contributed by atoms with van der Waals surface area (Å²) in [6.07, 6.45) is 0. The van der Waals surface area contributed by atoms with Crippen LogP contribution in [0.25, 0.3) is 22.2 Å². The van der Waals surface area contributed by atoms with E-state index in [0.717, 1.165) is 5.56 Å². The van der Waals surface area contributed by atoms with Crippen LogP contribution >= 0.6 is 0 Å². The minimum atomic E-state index is -2.91. The molecule has 1 N–H and O–H groups in total. The highest BCUT2D eigenvalue weighted by Gasteiger charge is 2.18. The summed E-state index contributed by atoms with van der Waals surface area (Å²) in [5.74, 6) is 0.530. The van der Waals surface area contributed by atoms with Crippen LogP contribution in [0.1, 0.15) is 26.3 Å². The Hall–Kier alpha value is -2.92. The first-order valence-corrected chi connectivity index (χ1v) is 10.5. The Morgan fingerprint density at radius 3 is 2.41 bits per heavy atom. The van der Waals surface area contributed by atoms with E-state index in [2.05, 4.69) is 15.5 Å². The maximum Gasteiger partial charge on any atom is 0.387 e. The number of nitriles is 1. The van der Waals surface area contributed by atoms with Gasteiger partial charge < -0.3 is 14.0 Å². The molecule has 1 heterocycles. The van der Waals surface area contributed by atoms with Crippen LogP contribution in [0.3, 0.4) is 0 Å². The molecule has 154 valence electrons. The van der Waals surface area contributed by atoms with Crippen LogP contribution in [-0.2, 0) is 18.0 Å². The van der Waals surface area contributed by atoms with Gasteiger partial charge in [-0.2, -0.15) is 14.0 Å². The van der Waals surface area contributed by atoms with E-state index in [-0.39, 0.29) is 5.75 Å². The second kappa shape index (κ2) is 10.0. The van der Waals surface area contributed by atoms with Gasteiger partial charge in [0.1, 0.15) is 22.8 Å². The third-order valence-corrected chi connectivity index (χ3v) is 5.15. The molecule has 2 aromatic carbocycles. The molecule has 29 heavy (non-hydrogen) atoms. The van der Waals surface area contributed by atoms with Gasteiger partial charge in [-0.15, -0.1) is 0 Å². The first-order valence-electron chi connectivity index (χ1n) is 9.17. The van der Waals surface area contributed by atoms with Crippen LogP contribution in [0.5, 0.6) is 5.75 Å². The number of anilines is 1. The summed E-state index contributed by atoms with van der Waals surface area (Å²) in [6.45, 7) is 2.91. The lowest BCUT2D eigenvalue weighted by Crippen LogP contribution is -2.05. The van der Waals surface area contributed by atoms with E-state index in [9.17, 15) is 18.3 Å². The standard InChI is InChI=1S/C19H17F2N3O2S.C2H6/c1-3-27(25)23-13-6-4-12(5-7-13)18-16(11-22)15-9-8-14(26-19(20)21)10-17(15)24(18)2;1-2/h4-10,19,23H,3H2,1-2H3;1-2H3. The topological polar surface area (TPSA) is 67.1 Å². The summed E-state index contributed by atoms with van der Waals surface area (Å²) in [7, 11) is 0.625. The highest BCUT2D eigenvalue weighted by atomic mass is 32.2. The molecule has 0 spiro atoms. The Labute approximate surface area is 171 Å². The molecule has 5 nitrogen and oxygen atoms in total. The van der Waals surface area contributed by atoms with E-state index in [1.165, 1.54) is 12.1 Å². The molecular formula is C21H23F2N3O2S. The van der Waals surface area contributed by atoms with Crippen LogP contribution in [0.15, 0.2) is 42.5 Å². The largest absolute Gasteiger partial charge is 0.435 e. The third-order valence-electron chi connectivity index (χ3n) is 4.16. The van der Waals surface area contributed by atoms with Crippen molar-refractivity contribution in [1.29, 1.82) is 5.26 Å². The van der Waals surface area contributed by atoms with Crippen molar-refractivity contribution in [1.82, 2.24) is 4.57 Å². The second-order valence-electron chi connectivity index (χ2n) is 5.77. The Morgan fingerprint density at radius 2 is 1.86 bits per heavy atom. The molecular weight excluding hydrogens is 396 g/mol. The van der Waals surface area contributed by atoms with E-state index in [1.807, 2.05) is 32.9 Å². The van der Waals surface area contributed by atoms with Crippen molar-refractivity contribution in [2.75, 3.05) is 10.5 Å². The molecule has 0 aliphatic heterocycles. The molecule has 0 aliphatic rings. The predicted molar refractivity (Wildman–Crippen MR) is 113 cm³/mol. The van der Waals surface area contributed by atoms with Gasteiger partial charge in [0.25, 0.3) is 0 Å². The number of hydrogen-bond acceptors (Lipinski definition) is 3. The van der Waals surface area contributed by atoms with Crippen molar-refractivity contribution < 1.29 is 17.7 Å². The van der Waals surface area contributed by atoms with Gasteiger partial charge in [-0.05, 0) is 29.8 Å². The van der Waals surface area contributed by atoms with E-state index in [0.29, 0.717) is 33.6 Å². The van der Waals surface area contributed by atoms with Crippen molar-refractivity contribution >= 4 is 27.6 Å². The molecule has 0 aliphatic carbocycles. The van der Waals surface area contributed by atoms with Crippen LogP contribution in [0.4, 0.5) is 14.5 Å². The average molecular weight is 419 g/mol. The Kier molecular flexibility index (Phi) is 7.74. The quantitative estimate of drug-likeness (QED) is 0.578. The summed E-state index contributed by atoms with van der Waals surface area (Å²) >= 11 is 0. The third kappa shape index (κ3) is 4.93. The van der Waals surface area contributed by atoms with Crippen molar-refractivity contribution in [3.63, 3.8) is 0 Å². The number of nitrogens with one attached hydrogen (secondary N) is 1. The molecule has 0 fully saturated rings. The summed E-state index contributed by atoms with van der Waals surface area (Å²) in [5.41, 5.74) is 3.24. The summed E-state index contributed by atoms with van der Waals surface area (Å²) in [6, 6.07) is 13.9. The van der Waals surface area contributed by atoms with Gasteiger partial charge in [0.2, 0.25) is 0 Å². The number of ether oxygens (including phenoxy) is 1. The lowest BCUT2D eigenvalue weighted by molar-refractivity contribution is -0.0497. The van der Waals surface area contributed by atoms with Crippen LogP contribution in [0.2, 0.25) is 0 Å². The maximum absolute atomic E-state index is 12.5. The van der Waals surface area contributed by atoms with Gasteiger partial charge in [0.15, 0.2) is 0 Å². The lowest BCUT2D eigenvalue weighted by Gasteiger charge is -2.08. The van der Waals surface area contributed by atoms with E-state index in [1.54, 1.807) is 29.8 Å². The molecule has 0 amide bonds. The van der Waals surface area contributed by atoms with Crippen molar-refractivity contribution in [3.05, 3.63) is 48.0 Å². The zero-order chi connectivity index (χ0) is 21.6. The van der Waals surface area contributed by atoms with Gasteiger partial charge in [0, 0.05) is 29.9 Å².